The van der Waals surface area contributed by atoms with E-state index in [4.69, 9.17) is 37.4 Å². The number of pyridine rings is 4. The van der Waals surface area contributed by atoms with Gasteiger partial charge in [0.25, 0.3) is 11.4 Å². The van der Waals surface area contributed by atoms with Crippen LogP contribution in [0, 0.1) is 22.0 Å². The zero-order chi connectivity index (χ0) is 44.3. The van der Waals surface area contributed by atoms with Crippen LogP contribution in [0.5, 0.6) is 0 Å². The molecule has 0 saturated heterocycles. The van der Waals surface area contributed by atoms with Crippen molar-refractivity contribution in [1.82, 2.24) is 9.97 Å². The molecule has 320 valence electrons. The number of ether oxygens (including phenoxy) is 3. The maximum absolute atomic E-state index is 15.3. The fourth-order valence-electron chi connectivity index (χ4n) is 4.87. The van der Waals surface area contributed by atoms with E-state index in [9.17, 15) is 38.0 Å². The Labute approximate surface area is 343 Å². The van der Waals surface area contributed by atoms with Gasteiger partial charge in [-0.2, -0.15) is 27.0 Å². The predicted molar refractivity (Wildman–Crippen MR) is 200 cm³/mol. The lowest BCUT2D eigenvalue weighted by Crippen LogP contribution is -2.47. The van der Waals surface area contributed by atoms with E-state index in [1.54, 1.807) is 13.8 Å². The van der Waals surface area contributed by atoms with Crippen LogP contribution in [0.4, 0.5) is 42.8 Å². The molecule has 59 heavy (non-hydrogen) atoms. The number of amides is 1. The van der Waals surface area contributed by atoms with Crippen LogP contribution in [0.3, 0.4) is 0 Å². The first-order chi connectivity index (χ1) is 27.5. The maximum Gasteiger partial charge on any atom is 0.416 e. The van der Waals surface area contributed by atoms with Gasteiger partial charge in [-0.15, -0.1) is 0 Å². The number of anilines is 2. The van der Waals surface area contributed by atoms with Gasteiger partial charge in [-0.3, -0.25) is 14.5 Å². The molecule has 0 fully saturated rings. The zero-order valence-corrected chi connectivity index (χ0v) is 33.6. The van der Waals surface area contributed by atoms with Gasteiger partial charge in [0, 0.05) is 47.8 Å². The van der Waals surface area contributed by atoms with Gasteiger partial charge in [0.15, 0.2) is 35.7 Å². The molecule has 0 spiro atoms. The first kappa shape index (κ1) is 47.7. The summed E-state index contributed by atoms with van der Waals surface area (Å²) in [7, 11) is 0. The maximum atomic E-state index is 15.3. The number of carbonyl (C=O) groups excluding carboxylic acids is 3. The minimum Gasteiger partial charge on any atom is -0.618 e. The number of esters is 2. The number of hydrogen-bond donors (Lipinski definition) is 1. The van der Waals surface area contributed by atoms with Crippen LogP contribution in [0.2, 0.25) is 10.0 Å². The second-order valence-corrected chi connectivity index (χ2v) is 13.9. The molecule has 1 amide bonds. The number of aromatic nitrogens is 4. The molecule has 0 aliphatic rings. The summed E-state index contributed by atoms with van der Waals surface area (Å²) in [6, 6.07) is 6.90. The van der Waals surface area contributed by atoms with Gasteiger partial charge in [0.1, 0.15) is 12.1 Å². The van der Waals surface area contributed by atoms with E-state index >= 15 is 13.2 Å². The third-order valence-corrected chi connectivity index (χ3v) is 8.12. The molecule has 4 rings (SSSR count). The number of rotatable bonds is 14. The van der Waals surface area contributed by atoms with Crippen molar-refractivity contribution >= 4 is 52.9 Å². The van der Waals surface area contributed by atoms with Crippen LogP contribution >= 0.6 is 23.2 Å². The Hall–Kier alpha value is -5.63. The van der Waals surface area contributed by atoms with Crippen LogP contribution in [0.1, 0.15) is 57.1 Å². The highest BCUT2D eigenvalue weighted by Crippen LogP contribution is 2.33. The van der Waals surface area contributed by atoms with Gasteiger partial charge in [0.2, 0.25) is 0 Å². The van der Waals surface area contributed by atoms with E-state index in [2.05, 4.69) is 15.3 Å². The third kappa shape index (κ3) is 13.2. The molecule has 4 heterocycles. The molecule has 0 radical (unpaired) electrons. The number of hydrogen-bond acceptors (Lipinski definition) is 11. The van der Waals surface area contributed by atoms with Crippen LogP contribution in [-0.4, -0.2) is 59.9 Å². The highest BCUT2D eigenvalue weighted by molar-refractivity contribution is 6.31. The summed E-state index contributed by atoms with van der Waals surface area (Å²) in [6.07, 6.45) is 1.32. The first-order valence-corrected chi connectivity index (χ1v) is 18.1. The van der Waals surface area contributed by atoms with Crippen molar-refractivity contribution in [2.45, 2.75) is 64.9 Å². The molecule has 4 aromatic rings. The van der Waals surface area contributed by atoms with Gasteiger partial charge < -0.3 is 29.9 Å². The SMILES string of the molecule is CCOC(=O)Cc1c(Cl)cnc(N(CC(F)(F)c2cccc[n+]2[O-])C(=O)OC(C)(C)C)c1F.CCOC(=O)Cc1c(Cl)cnc(NCC(F)(F)c2cccc[n+]2[O-])c1F. The lowest BCUT2D eigenvalue weighted by atomic mass is 10.1. The molecular formula is C37H38Cl2F6N6O8. The van der Waals surface area contributed by atoms with E-state index < -0.39 is 102 Å². The zero-order valence-electron chi connectivity index (χ0n) is 32.0. The second kappa shape index (κ2) is 20.4. The fraction of sp³-hybridized carbons (Fsp3) is 0.378. The largest absolute Gasteiger partial charge is 0.618 e. The summed E-state index contributed by atoms with van der Waals surface area (Å²) in [5, 5.41) is 25.1. The fourth-order valence-corrected chi connectivity index (χ4v) is 5.27. The smallest absolute Gasteiger partial charge is 0.416 e. The Morgan fingerprint density at radius 2 is 1.25 bits per heavy atom. The summed E-state index contributed by atoms with van der Waals surface area (Å²) >= 11 is 11.8. The lowest BCUT2D eigenvalue weighted by molar-refractivity contribution is -0.624. The Kier molecular flexibility index (Phi) is 16.5. The van der Waals surface area contributed by atoms with E-state index in [1.807, 2.05) is 0 Å². The minimum atomic E-state index is -3.92. The molecule has 1 N–H and O–H groups in total. The molecule has 22 heteroatoms. The predicted octanol–water partition coefficient (Wildman–Crippen LogP) is 6.96. The standard InChI is InChI=1S/C21H23ClF3N3O5.C16H15ClF3N3O3/c1-5-32-16(29)10-13-14(22)11-26-18(17(13)23)27(19(30)33-20(2,3)4)12-21(24,25)15-8-6-7-9-28(15)31;1-2-26-13(24)7-10-11(17)8-21-15(14(10)18)22-9-16(19,20)12-5-3-4-6-23(12)25/h6-9,11H,5,10,12H2,1-4H3;3-6,8H,2,7,9H2,1H3,(H,21,22). The molecule has 0 aliphatic heterocycles. The van der Waals surface area contributed by atoms with Gasteiger partial charge in [-0.05, 0) is 46.8 Å². The van der Waals surface area contributed by atoms with Crippen LogP contribution in [-0.2, 0) is 48.5 Å². The summed E-state index contributed by atoms with van der Waals surface area (Å²) in [6.45, 7) is 5.18. The highest BCUT2D eigenvalue weighted by atomic mass is 35.5. The highest BCUT2D eigenvalue weighted by Gasteiger charge is 2.45. The summed E-state index contributed by atoms with van der Waals surface area (Å²) in [4.78, 5) is 43.7. The average Bonchev–Trinajstić information content (AvgIpc) is 3.14. The van der Waals surface area contributed by atoms with E-state index in [1.165, 1.54) is 45.0 Å². The van der Waals surface area contributed by atoms with Gasteiger partial charge in [-0.1, -0.05) is 23.2 Å². The van der Waals surface area contributed by atoms with Crippen molar-refractivity contribution < 1.29 is 64.4 Å². The van der Waals surface area contributed by atoms with Crippen LogP contribution < -0.4 is 19.7 Å². The summed E-state index contributed by atoms with van der Waals surface area (Å²) in [5.41, 5.74) is -3.50. The van der Waals surface area contributed by atoms with Gasteiger partial charge in [0.05, 0.1) is 42.6 Å². The number of nitrogens with zero attached hydrogens (tertiary/aromatic N) is 5. The lowest BCUT2D eigenvalue weighted by Gasteiger charge is -2.29. The van der Waals surface area contributed by atoms with Crippen molar-refractivity contribution in [3.05, 3.63) is 116 Å². The molecule has 4 aromatic heterocycles. The number of halogens is 8. The normalized spacial score (nSPS) is 11.5. The van der Waals surface area contributed by atoms with Crippen molar-refractivity contribution in [3.8, 4) is 0 Å². The number of carbonyl (C=O) groups is 3. The summed E-state index contributed by atoms with van der Waals surface area (Å²) < 4.78 is 103. The quantitative estimate of drug-likeness (QED) is 0.0456. The van der Waals surface area contributed by atoms with E-state index in [-0.39, 0.29) is 43.2 Å². The minimum absolute atomic E-state index is 0.0263. The van der Waals surface area contributed by atoms with Crippen molar-refractivity contribution in [2.24, 2.45) is 0 Å². The molecule has 0 bridgehead atoms. The van der Waals surface area contributed by atoms with Crippen molar-refractivity contribution in [3.63, 3.8) is 0 Å². The van der Waals surface area contributed by atoms with Crippen LogP contribution in [0.15, 0.2) is 61.2 Å². The molecular weight excluding hydrogens is 841 g/mol. The van der Waals surface area contributed by atoms with E-state index in [0.29, 0.717) is 0 Å². The van der Waals surface area contributed by atoms with Crippen molar-refractivity contribution in [2.75, 3.05) is 36.5 Å². The molecule has 14 nitrogen and oxygen atoms in total. The summed E-state index contributed by atoms with van der Waals surface area (Å²) in [5.74, 6) is -12.7. The Morgan fingerprint density at radius 1 is 0.780 bits per heavy atom. The Morgan fingerprint density at radius 3 is 1.73 bits per heavy atom. The average molecular weight is 880 g/mol. The second-order valence-electron chi connectivity index (χ2n) is 13.1. The molecule has 0 saturated carbocycles. The van der Waals surface area contributed by atoms with Crippen molar-refractivity contribution in [1.29, 1.82) is 0 Å². The monoisotopic (exact) mass is 878 g/mol. The number of alkyl halides is 4. The molecule has 0 unspecified atom stereocenters. The number of nitrogens with one attached hydrogen (secondary N) is 1. The van der Waals surface area contributed by atoms with Gasteiger partial charge in [-0.25, -0.2) is 23.5 Å². The molecule has 0 aromatic carbocycles. The third-order valence-electron chi connectivity index (χ3n) is 7.47. The molecule has 0 aliphatic carbocycles. The van der Waals surface area contributed by atoms with E-state index in [0.717, 1.165) is 36.9 Å². The molecule has 0 atom stereocenters. The topological polar surface area (TPSA) is 174 Å². The van der Waals surface area contributed by atoms with Gasteiger partial charge >= 0.3 is 29.9 Å². The first-order valence-electron chi connectivity index (χ1n) is 17.4. The Bertz CT molecular complexity index is 2130. The Balaban J connectivity index is 0.000000324. The van der Waals surface area contributed by atoms with Crippen LogP contribution in [0.25, 0.3) is 0 Å².